The predicted molar refractivity (Wildman–Crippen MR) is 124 cm³/mol. The Labute approximate surface area is 175 Å². The van der Waals surface area contributed by atoms with Crippen LogP contribution in [0, 0.1) is 6.92 Å². The lowest BCUT2D eigenvalue weighted by Crippen LogP contribution is -2.19. The summed E-state index contributed by atoms with van der Waals surface area (Å²) in [6.45, 7) is 6.02. The number of hydrogen-bond acceptors (Lipinski definition) is 2. The van der Waals surface area contributed by atoms with Crippen molar-refractivity contribution in [2.45, 2.75) is 20.3 Å². The van der Waals surface area contributed by atoms with Crippen molar-refractivity contribution in [2.75, 3.05) is 27.2 Å². The van der Waals surface area contributed by atoms with Crippen LogP contribution in [-0.4, -0.2) is 32.1 Å². The summed E-state index contributed by atoms with van der Waals surface area (Å²) in [5.41, 5.74) is 7.74. The van der Waals surface area contributed by atoms with E-state index >= 15 is 0 Å². The van der Waals surface area contributed by atoms with E-state index in [2.05, 4.69) is 112 Å². The first-order chi connectivity index (χ1) is 14.1. The van der Waals surface area contributed by atoms with Crippen molar-refractivity contribution in [2.24, 2.45) is 0 Å². The van der Waals surface area contributed by atoms with Crippen LogP contribution in [0.4, 0.5) is 0 Å². The molecule has 3 rings (SSSR count). The second kappa shape index (κ2) is 10.1. The average Bonchev–Trinajstić information content (AvgIpc) is 2.74. The molecule has 0 heterocycles. The molecule has 0 spiro atoms. The fourth-order valence-electron chi connectivity index (χ4n) is 3.57. The molecule has 0 amide bonds. The maximum atomic E-state index is 5.89. The van der Waals surface area contributed by atoms with Gasteiger partial charge < -0.3 is 9.64 Å². The van der Waals surface area contributed by atoms with E-state index in [0.717, 1.165) is 18.7 Å². The molecule has 0 atom stereocenters. The van der Waals surface area contributed by atoms with Crippen LogP contribution in [-0.2, 0) is 0 Å². The minimum absolute atomic E-state index is 0.692. The lowest BCUT2D eigenvalue weighted by Gasteiger charge is -2.18. The van der Waals surface area contributed by atoms with Crippen LogP contribution in [0.25, 0.3) is 11.1 Å². The molecule has 150 valence electrons. The molecule has 0 fully saturated rings. The largest absolute Gasteiger partial charge is 0.492 e. The highest BCUT2D eigenvalue weighted by atomic mass is 16.5. The summed E-state index contributed by atoms with van der Waals surface area (Å²) in [6.07, 6.45) is 0.967. The molecular weight excluding hydrogens is 354 g/mol. The topological polar surface area (TPSA) is 12.5 Å². The van der Waals surface area contributed by atoms with Gasteiger partial charge in [-0.3, -0.25) is 0 Å². The molecule has 0 radical (unpaired) electrons. The first-order valence-corrected chi connectivity index (χ1v) is 10.3. The van der Waals surface area contributed by atoms with Gasteiger partial charge in [-0.1, -0.05) is 73.7 Å². The molecule has 0 aromatic heterocycles. The van der Waals surface area contributed by atoms with Gasteiger partial charge in [0.25, 0.3) is 0 Å². The maximum absolute atomic E-state index is 5.89. The second-order valence-corrected chi connectivity index (χ2v) is 7.56. The van der Waals surface area contributed by atoms with Crippen molar-refractivity contribution in [1.29, 1.82) is 0 Å². The third kappa shape index (κ3) is 5.36. The average molecular weight is 386 g/mol. The quantitative estimate of drug-likeness (QED) is 0.422. The normalized spacial score (nSPS) is 12.0. The molecule has 0 aliphatic heterocycles. The highest BCUT2D eigenvalue weighted by molar-refractivity contribution is 5.99. The number of nitrogens with zero attached hydrogens (tertiary/aromatic N) is 1. The fraction of sp³-hybridized carbons (Fsp3) is 0.259. The van der Waals surface area contributed by atoms with Crippen molar-refractivity contribution in [1.82, 2.24) is 4.90 Å². The Morgan fingerprint density at radius 1 is 0.793 bits per heavy atom. The molecule has 0 unspecified atom stereocenters. The zero-order chi connectivity index (χ0) is 20.6. The lowest BCUT2D eigenvalue weighted by atomic mass is 9.86. The Bertz CT molecular complexity index is 940. The maximum Gasteiger partial charge on any atom is 0.119 e. The van der Waals surface area contributed by atoms with Gasteiger partial charge in [0.05, 0.1) is 0 Å². The third-order valence-electron chi connectivity index (χ3n) is 5.14. The number of aryl methyl sites for hydroxylation is 1. The molecule has 3 aromatic rings. The van der Waals surface area contributed by atoms with Gasteiger partial charge in [-0.05, 0) is 73.0 Å². The third-order valence-corrected chi connectivity index (χ3v) is 5.14. The van der Waals surface area contributed by atoms with Crippen LogP contribution in [0.15, 0.2) is 78.9 Å². The fourth-order valence-corrected chi connectivity index (χ4v) is 3.57. The molecule has 29 heavy (non-hydrogen) atoms. The summed E-state index contributed by atoms with van der Waals surface area (Å²) in [5.74, 6) is 0.914. The zero-order valence-electron chi connectivity index (χ0n) is 18.0. The Morgan fingerprint density at radius 2 is 1.45 bits per heavy atom. The van der Waals surface area contributed by atoms with Crippen molar-refractivity contribution < 1.29 is 4.74 Å². The van der Waals surface area contributed by atoms with E-state index in [1.165, 1.54) is 33.4 Å². The molecule has 3 aromatic carbocycles. The van der Waals surface area contributed by atoms with Crippen LogP contribution >= 0.6 is 0 Å². The van der Waals surface area contributed by atoms with Crippen LogP contribution < -0.4 is 4.74 Å². The molecule has 0 aliphatic carbocycles. The van der Waals surface area contributed by atoms with Crippen LogP contribution in [0.1, 0.15) is 35.6 Å². The first kappa shape index (κ1) is 20.9. The monoisotopic (exact) mass is 385 g/mol. The smallest absolute Gasteiger partial charge is 0.119 e. The number of hydrogen-bond donors (Lipinski definition) is 0. The molecule has 0 aliphatic rings. The van der Waals surface area contributed by atoms with Gasteiger partial charge in [0.15, 0.2) is 0 Å². The van der Waals surface area contributed by atoms with Crippen LogP contribution in [0.5, 0.6) is 5.75 Å². The van der Waals surface area contributed by atoms with Crippen molar-refractivity contribution in [3.05, 3.63) is 101 Å². The Hall–Kier alpha value is -2.84. The van der Waals surface area contributed by atoms with E-state index in [1.807, 2.05) is 0 Å². The van der Waals surface area contributed by atoms with E-state index in [9.17, 15) is 0 Å². The van der Waals surface area contributed by atoms with Gasteiger partial charge in [0.1, 0.15) is 12.4 Å². The second-order valence-electron chi connectivity index (χ2n) is 7.56. The van der Waals surface area contributed by atoms with Gasteiger partial charge in [0, 0.05) is 6.54 Å². The first-order valence-electron chi connectivity index (χ1n) is 10.3. The summed E-state index contributed by atoms with van der Waals surface area (Å²) in [7, 11) is 4.11. The van der Waals surface area contributed by atoms with Gasteiger partial charge in [-0.15, -0.1) is 0 Å². The summed E-state index contributed by atoms with van der Waals surface area (Å²) in [6, 6.07) is 27.9. The molecule has 0 N–H and O–H groups in total. The molecule has 0 bridgehead atoms. The van der Waals surface area contributed by atoms with Crippen molar-refractivity contribution >= 4 is 11.1 Å². The van der Waals surface area contributed by atoms with Crippen LogP contribution in [0.3, 0.4) is 0 Å². The van der Waals surface area contributed by atoms with E-state index in [-0.39, 0.29) is 0 Å². The number of allylic oxidation sites excluding steroid dienone is 1. The Kier molecular flexibility index (Phi) is 7.26. The molecular formula is C27H31NO. The number of benzene rings is 3. The Balaban J connectivity index is 2.05. The Morgan fingerprint density at radius 3 is 2.07 bits per heavy atom. The van der Waals surface area contributed by atoms with E-state index in [0.29, 0.717) is 6.61 Å². The number of rotatable bonds is 8. The minimum Gasteiger partial charge on any atom is -0.492 e. The summed E-state index contributed by atoms with van der Waals surface area (Å²) in [4.78, 5) is 2.13. The van der Waals surface area contributed by atoms with E-state index in [1.54, 1.807) is 0 Å². The summed E-state index contributed by atoms with van der Waals surface area (Å²) < 4.78 is 5.89. The van der Waals surface area contributed by atoms with E-state index in [4.69, 9.17) is 4.74 Å². The standard InChI is InChI=1S/C27H31NO/c1-5-25(22-12-7-6-8-13-22)27(26-14-10-9-11-21(26)2)23-15-17-24(18-16-23)29-20-19-28(3)4/h6-18H,5,19-20H2,1-4H3. The van der Waals surface area contributed by atoms with Crippen molar-refractivity contribution in [3.63, 3.8) is 0 Å². The summed E-state index contributed by atoms with van der Waals surface area (Å²) >= 11 is 0. The highest BCUT2D eigenvalue weighted by Gasteiger charge is 2.14. The summed E-state index contributed by atoms with van der Waals surface area (Å²) in [5, 5.41) is 0. The van der Waals surface area contributed by atoms with Gasteiger partial charge in [0.2, 0.25) is 0 Å². The number of likely N-dealkylation sites (N-methyl/N-ethyl adjacent to an activating group) is 1. The molecule has 2 heteroatoms. The van der Waals surface area contributed by atoms with Crippen molar-refractivity contribution in [3.8, 4) is 5.75 Å². The predicted octanol–water partition coefficient (Wildman–Crippen LogP) is 6.30. The van der Waals surface area contributed by atoms with Gasteiger partial charge >= 0.3 is 0 Å². The molecule has 0 saturated heterocycles. The minimum atomic E-state index is 0.692. The molecule has 0 saturated carbocycles. The lowest BCUT2D eigenvalue weighted by molar-refractivity contribution is 0.261. The van der Waals surface area contributed by atoms with Crippen LogP contribution in [0.2, 0.25) is 0 Å². The molecule has 2 nitrogen and oxygen atoms in total. The number of ether oxygens (including phenoxy) is 1. The SMILES string of the molecule is CCC(=C(c1ccc(OCCN(C)C)cc1)c1ccccc1C)c1ccccc1. The van der Waals surface area contributed by atoms with Gasteiger partial charge in [-0.25, -0.2) is 0 Å². The zero-order valence-corrected chi connectivity index (χ0v) is 18.0. The van der Waals surface area contributed by atoms with Gasteiger partial charge in [-0.2, -0.15) is 0 Å². The van der Waals surface area contributed by atoms with E-state index < -0.39 is 0 Å². The highest BCUT2D eigenvalue weighted by Crippen LogP contribution is 2.36.